The van der Waals surface area contributed by atoms with E-state index >= 15 is 0 Å². The van der Waals surface area contributed by atoms with Crippen LogP contribution in [0.25, 0.3) is 0 Å². The Kier molecular flexibility index (Phi) is 5.03. The molecule has 4 nitrogen and oxygen atoms in total. The zero-order valence-corrected chi connectivity index (χ0v) is 11.8. The Hall–Kier alpha value is -1.99. The summed E-state index contributed by atoms with van der Waals surface area (Å²) in [5.41, 5.74) is 1.95. The monoisotopic (exact) mass is 272 g/mol. The molecule has 1 aliphatic heterocycles. The van der Waals surface area contributed by atoms with Crippen LogP contribution in [-0.2, 0) is 6.54 Å². The summed E-state index contributed by atoms with van der Waals surface area (Å²) >= 11 is 0. The van der Waals surface area contributed by atoms with Gasteiger partial charge in [0.05, 0.1) is 0 Å². The van der Waals surface area contributed by atoms with E-state index in [4.69, 9.17) is 5.11 Å². The highest BCUT2D eigenvalue weighted by Gasteiger charge is 2.20. The molecule has 2 amide bonds. The van der Waals surface area contributed by atoms with Gasteiger partial charge in [-0.25, -0.2) is 4.79 Å². The maximum atomic E-state index is 12.2. The number of likely N-dealkylation sites (tertiary alicyclic amines) is 1. The normalized spacial score (nSPS) is 13.8. The first-order valence-electron chi connectivity index (χ1n) is 6.89. The minimum atomic E-state index is -0.130. The summed E-state index contributed by atoms with van der Waals surface area (Å²) in [5, 5.41) is 8.64. The number of carbonyl (C=O) groups excluding carboxylic acids is 1. The summed E-state index contributed by atoms with van der Waals surface area (Å²) < 4.78 is 0. The van der Waals surface area contributed by atoms with Gasteiger partial charge in [-0.2, -0.15) is 0 Å². The number of urea groups is 1. The second-order valence-corrected chi connectivity index (χ2v) is 4.99. The number of hydrogen-bond acceptors (Lipinski definition) is 2. The topological polar surface area (TPSA) is 43.8 Å². The number of hydrogen-bond donors (Lipinski definition) is 1. The molecule has 1 N–H and O–H groups in total. The summed E-state index contributed by atoms with van der Waals surface area (Å²) in [4.78, 5) is 15.8. The predicted octanol–water partition coefficient (Wildman–Crippen LogP) is 1.68. The summed E-state index contributed by atoms with van der Waals surface area (Å²) in [6, 6.07) is 7.86. The highest BCUT2D eigenvalue weighted by Crippen LogP contribution is 2.12. The van der Waals surface area contributed by atoms with Crippen molar-refractivity contribution in [2.75, 3.05) is 26.7 Å². The third-order valence-electron chi connectivity index (χ3n) is 3.39. The largest absolute Gasteiger partial charge is 0.384 e. The quantitative estimate of drug-likeness (QED) is 0.832. The maximum Gasteiger partial charge on any atom is 0.320 e. The molecule has 2 rings (SSSR count). The first-order chi connectivity index (χ1) is 9.70. The summed E-state index contributed by atoms with van der Waals surface area (Å²) in [7, 11) is 1.83. The molecular weight excluding hydrogens is 252 g/mol. The summed E-state index contributed by atoms with van der Waals surface area (Å²) in [5.74, 6) is 5.47. The lowest BCUT2D eigenvalue weighted by atomic mass is 10.1. The van der Waals surface area contributed by atoms with Gasteiger partial charge in [-0.15, -0.1) is 0 Å². The van der Waals surface area contributed by atoms with Crippen LogP contribution in [0, 0.1) is 11.8 Å². The number of aliphatic hydroxyl groups is 1. The fraction of sp³-hybridized carbons (Fsp3) is 0.438. The molecule has 1 heterocycles. The van der Waals surface area contributed by atoms with Gasteiger partial charge >= 0.3 is 6.03 Å². The first kappa shape index (κ1) is 14.4. The second-order valence-electron chi connectivity index (χ2n) is 4.99. The summed E-state index contributed by atoms with van der Waals surface area (Å²) in [6.07, 6.45) is 2.22. The fourth-order valence-corrected chi connectivity index (χ4v) is 2.33. The summed E-state index contributed by atoms with van der Waals surface area (Å²) in [6.45, 7) is 2.22. The molecule has 0 unspecified atom stereocenters. The van der Waals surface area contributed by atoms with Crippen molar-refractivity contribution in [1.29, 1.82) is 0 Å². The molecule has 0 aromatic heterocycles. The third kappa shape index (κ3) is 3.75. The van der Waals surface area contributed by atoms with Gasteiger partial charge in [0.1, 0.15) is 6.61 Å². The Bertz CT molecular complexity index is 508. The van der Waals surface area contributed by atoms with E-state index in [0.717, 1.165) is 37.1 Å². The van der Waals surface area contributed by atoms with Gasteiger partial charge in [0, 0.05) is 32.2 Å². The molecule has 0 aliphatic carbocycles. The number of benzene rings is 1. The Morgan fingerprint density at radius 2 is 1.95 bits per heavy atom. The molecule has 0 saturated carbocycles. The van der Waals surface area contributed by atoms with Gasteiger partial charge in [-0.05, 0) is 30.5 Å². The molecule has 4 heteroatoms. The molecule has 0 bridgehead atoms. The highest BCUT2D eigenvalue weighted by molar-refractivity contribution is 5.74. The van der Waals surface area contributed by atoms with Crippen molar-refractivity contribution < 1.29 is 9.90 Å². The number of rotatable bonds is 2. The van der Waals surface area contributed by atoms with E-state index in [-0.39, 0.29) is 12.6 Å². The molecular formula is C16H20N2O2. The molecule has 0 atom stereocenters. The first-order valence-corrected chi connectivity index (χ1v) is 6.89. The van der Waals surface area contributed by atoms with Crippen LogP contribution in [0.15, 0.2) is 24.3 Å². The molecule has 1 aromatic rings. The van der Waals surface area contributed by atoms with Gasteiger partial charge < -0.3 is 14.9 Å². The molecule has 20 heavy (non-hydrogen) atoms. The third-order valence-corrected chi connectivity index (χ3v) is 3.39. The van der Waals surface area contributed by atoms with Crippen molar-refractivity contribution in [2.45, 2.75) is 19.4 Å². The van der Waals surface area contributed by atoms with E-state index < -0.39 is 0 Å². The minimum absolute atomic E-state index is 0.103. The second kappa shape index (κ2) is 6.97. The molecule has 0 spiro atoms. The van der Waals surface area contributed by atoms with Crippen molar-refractivity contribution in [2.24, 2.45) is 0 Å². The molecule has 1 saturated heterocycles. The maximum absolute atomic E-state index is 12.2. The average molecular weight is 272 g/mol. The van der Waals surface area contributed by atoms with Gasteiger partial charge in [0.25, 0.3) is 0 Å². The van der Waals surface area contributed by atoms with E-state index in [1.54, 1.807) is 4.90 Å². The number of nitrogens with zero attached hydrogens (tertiary/aromatic N) is 2. The van der Waals surface area contributed by atoms with E-state index in [2.05, 4.69) is 11.8 Å². The van der Waals surface area contributed by atoms with Crippen LogP contribution < -0.4 is 0 Å². The number of carbonyl (C=O) groups is 1. The zero-order valence-electron chi connectivity index (χ0n) is 11.8. The van der Waals surface area contributed by atoms with Crippen LogP contribution in [0.5, 0.6) is 0 Å². The van der Waals surface area contributed by atoms with Gasteiger partial charge in [-0.1, -0.05) is 24.0 Å². The Labute approximate surface area is 120 Å². The molecule has 1 fully saturated rings. The average Bonchev–Trinajstić information content (AvgIpc) is 3.00. The Morgan fingerprint density at radius 1 is 1.30 bits per heavy atom. The van der Waals surface area contributed by atoms with Crippen LogP contribution in [0.4, 0.5) is 4.79 Å². The van der Waals surface area contributed by atoms with Crippen molar-refractivity contribution in [3.05, 3.63) is 35.4 Å². The minimum Gasteiger partial charge on any atom is -0.384 e. The van der Waals surface area contributed by atoms with E-state index in [1.165, 1.54) is 0 Å². The van der Waals surface area contributed by atoms with Crippen LogP contribution in [0.1, 0.15) is 24.0 Å². The fourth-order valence-electron chi connectivity index (χ4n) is 2.33. The van der Waals surface area contributed by atoms with Gasteiger partial charge in [-0.3, -0.25) is 0 Å². The SMILES string of the molecule is CN(Cc1ccc(C#CCO)cc1)C(=O)N1CCCC1. The van der Waals surface area contributed by atoms with Crippen molar-refractivity contribution in [3.8, 4) is 11.8 Å². The standard InChI is InChI=1S/C16H20N2O2/c1-17(16(20)18-10-2-3-11-18)13-15-8-6-14(7-9-15)5-4-12-19/h6-9,19H,2-3,10-13H2,1H3. The van der Waals surface area contributed by atoms with Crippen LogP contribution >= 0.6 is 0 Å². The van der Waals surface area contributed by atoms with E-state index in [1.807, 2.05) is 36.2 Å². The molecule has 0 radical (unpaired) electrons. The molecule has 1 aromatic carbocycles. The van der Waals surface area contributed by atoms with Crippen molar-refractivity contribution in [3.63, 3.8) is 0 Å². The highest BCUT2D eigenvalue weighted by atomic mass is 16.2. The van der Waals surface area contributed by atoms with Crippen molar-refractivity contribution >= 4 is 6.03 Å². The van der Waals surface area contributed by atoms with Crippen LogP contribution in [-0.4, -0.2) is 47.7 Å². The predicted molar refractivity (Wildman–Crippen MR) is 78.1 cm³/mol. The van der Waals surface area contributed by atoms with Crippen molar-refractivity contribution in [1.82, 2.24) is 9.80 Å². The van der Waals surface area contributed by atoms with Crippen LogP contribution in [0.3, 0.4) is 0 Å². The Morgan fingerprint density at radius 3 is 2.55 bits per heavy atom. The van der Waals surface area contributed by atoms with E-state index in [0.29, 0.717) is 6.54 Å². The smallest absolute Gasteiger partial charge is 0.320 e. The Balaban J connectivity index is 1.93. The lowest BCUT2D eigenvalue weighted by molar-refractivity contribution is 0.171. The zero-order chi connectivity index (χ0) is 14.4. The van der Waals surface area contributed by atoms with Gasteiger partial charge in [0.15, 0.2) is 0 Å². The molecule has 1 aliphatic rings. The van der Waals surface area contributed by atoms with E-state index in [9.17, 15) is 4.79 Å². The number of aliphatic hydroxyl groups excluding tert-OH is 1. The molecule has 106 valence electrons. The van der Waals surface area contributed by atoms with Gasteiger partial charge in [0.2, 0.25) is 0 Å². The lowest BCUT2D eigenvalue weighted by Crippen LogP contribution is -2.38. The number of amides is 2. The van der Waals surface area contributed by atoms with Crippen LogP contribution in [0.2, 0.25) is 0 Å². The lowest BCUT2D eigenvalue weighted by Gasteiger charge is -2.24.